The number of hydrogen-bond donors (Lipinski definition) is 1. The maximum absolute atomic E-state index is 12.7. The maximum Gasteiger partial charge on any atom is 0.274 e. The van der Waals surface area contributed by atoms with Crippen molar-refractivity contribution in [2.45, 2.75) is 25.3 Å². The molecule has 0 spiro atoms. The predicted molar refractivity (Wildman–Crippen MR) is 87.0 cm³/mol. The van der Waals surface area contributed by atoms with Crippen molar-refractivity contribution in [1.29, 1.82) is 0 Å². The number of carbonyl (C=O) groups is 1. The van der Waals surface area contributed by atoms with E-state index in [4.69, 9.17) is 11.6 Å². The fraction of sp³-hybridized carbons (Fsp3) is 0.294. The number of hydrogen-bond acceptors (Lipinski definition) is 2. The van der Waals surface area contributed by atoms with Crippen LogP contribution in [-0.4, -0.2) is 27.5 Å². The number of aromatic amines is 1. The minimum atomic E-state index is -0.108. The molecule has 0 unspecified atom stereocenters. The van der Waals surface area contributed by atoms with E-state index in [1.165, 1.54) is 12.8 Å². The maximum atomic E-state index is 12.7. The molecule has 0 atom stereocenters. The molecule has 1 aromatic carbocycles. The highest BCUT2D eigenvalue weighted by molar-refractivity contribution is 6.31. The van der Waals surface area contributed by atoms with Crippen LogP contribution in [0.25, 0.3) is 0 Å². The Kier molecular flexibility index (Phi) is 4.29. The lowest BCUT2D eigenvalue weighted by Gasteiger charge is -2.20. The summed E-state index contributed by atoms with van der Waals surface area (Å²) in [7, 11) is 0. The summed E-state index contributed by atoms with van der Waals surface area (Å²) in [5.41, 5.74) is 2.42. The van der Waals surface area contributed by atoms with Crippen molar-refractivity contribution < 1.29 is 4.79 Å². The van der Waals surface area contributed by atoms with E-state index >= 15 is 0 Å². The average molecular weight is 316 g/mol. The van der Waals surface area contributed by atoms with Gasteiger partial charge in [0, 0.05) is 29.7 Å². The van der Waals surface area contributed by atoms with E-state index in [2.05, 4.69) is 16.8 Å². The zero-order chi connectivity index (χ0) is 15.5. The second-order valence-corrected chi connectivity index (χ2v) is 5.96. The molecule has 4 nitrogen and oxygen atoms in total. The summed E-state index contributed by atoms with van der Waals surface area (Å²) in [5.74, 6) is 0.438. The molecule has 5 heteroatoms. The molecular weight excluding hydrogens is 298 g/mol. The molecule has 1 amide bonds. The number of aromatic nitrogens is 2. The Bertz CT molecular complexity index is 691. The van der Waals surface area contributed by atoms with Gasteiger partial charge in [-0.05, 0) is 30.5 Å². The van der Waals surface area contributed by atoms with Crippen LogP contribution in [0.5, 0.6) is 0 Å². The number of carbonyl (C=O) groups excluding carboxylic acids is 1. The fourth-order valence-electron chi connectivity index (χ4n) is 2.42. The van der Waals surface area contributed by atoms with Gasteiger partial charge < -0.3 is 4.90 Å². The molecule has 3 rings (SSSR count). The van der Waals surface area contributed by atoms with Crippen molar-refractivity contribution in [3.05, 3.63) is 65.0 Å². The van der Waals surface area contributed by atoms with Crippen LogP contribution in [0.1, 0.15) is 40.5 Å². The third-order valence-corrected chi connectivity index (χ3v) is 4.16. The lowest BCUT2D eigenvalue weighted by atomic mass is 10.2. The van der Waals surface area contributed by atoms with Gasteiger partial charge in [-0.2, -0.15) is 5.10 Å². The molecule has 0 aliphatic heterocycles. The minimum Gasteiger partial charge on any atom is -0.329 e. The summed E-state index contributed by atoms with van der Waals surface area (Å²) < 4.78 is 0. The van der Waals surface area contributed by atoms with Crippen molar-refractivity contribution >= 4 is 17.5 Å². The average Bonchev–Trinajstić information content (AvgIpc) is 3.26. The highest BCUT2D eigenvalue weighted by Gasteiger charge is 2.27. The summed E-state index contributed by atoms with van der Waals surface area (Å²) in [5, 5.41) is 7.79. The Morgan fingerprint density at radius 3 is 2.91 bits per heavy atom. The lowest BCUT2D eigenvalue weighted by Crippen LogP contribution is -2.31. The minimum absolute atomic E-state index is 0.108. The number of benzene rings is 1. The van der Waals surface area contributed by atoms with E-state index in [-0.39, 0.29) is 5.91 Å². The molecule has 1 aliphatic rings. The molecule has 1 saturated carbocycles. The Hall–Kier alpha value is -2.07. The third-order valence-electron chi connectivity index (χ3n) is 3.79. The number of nitrogens with zero attached hydrogens (tertiary/aromatic N) is 2. The van der Waals surface area contributed by atoms with Crippen molar-refractivity contribution in [3.8, 4) is 0 Å². The topological polar surface area (TPSA) is 49.0 Å². The molecule has 1 aromatic heterocycles. The molecule has 1 aliphatic carbocycles. The molecule has 1 heterocycles. The molecule has 22 heavy (non-hydrogen) atoms. The van der Waals surface area contributed by atoms with Crippen LogP contribution in [0.4, 0.5) is 0 Å². The molecular formula is C17H18ClN3O. The Morgan fingerprint density at radius 2 is 2.23 bits per heavy atom. The van der Waals surface area contributed by atoms with Gasteiger partial charge >= 0.3 is 0 Å². The van der Waals surface area contributed by atoms with E-state index in [9.17, 15) is 4.79 Å². The monoisotopic (exact) mass is 315 g/mol. The second kappa shape index (κ2) is 6.36. The van der Waals surface area contributed by atoms with Crippen molar-refractivity contribution in [3.63, 3.8) is 0 Å². The van der Waals surface area contributed by atoms with Gasteiger partial charge in [0.2, 0.25) is 0 Å². The molecule has 2 aromatic rings. The van der Waals surface area contributed by atoms with Gasteiger partial charge in [0.05, 0.1) is 0 Å². The van der Waals surface area contributed by atoms with Gasteiger partial charge in [0.25, 0.3) is 5.91 Å². The molecule has 0 saturated heterocycles. The van der Waals surface area contributed by atoms with Crippen molar-refractivity contribution in [2.24, 2.45) is 0 Å². The molecule has 114 valence electrons. The van der Waals surface area contributed by atoms with Crippen LogP contribution in [-0.2, 0) is 6.54 Å². The van der Waals surface area contributed by atoms with Gasteiger partial charge in [-0.3, -0.25) is 9.89 Å². The second-order valence-electron chi connectivity index (χ2n) is 5.55. The van der Waals surface area contributed by atoms with Gasteiger partial charge in [0.1, 0.15) is 5.69 Å². The summed E-state index contributed by atoms with van der Waals surface area (Å²) in [6.07, 6.45) is 4.06. The summed E-state index contributed by atoms with van der Waals surface area (Å²) in [6, 6.07) is 9.40. The SMILES string of the molecule is C=CCN(Cc1ccccc1Cl)C(=O)c1cc(C2CC2)[nH]n1. The first-order valence-electron chi connectivity index (χ1n) is 7.38. The largest absolute Gasteiger partial charge is 0.329 e. The highest BCUT2D eigenvalue weighted by atomic mass is 35.5. The number of amides is 1. The third kappa shape index (κ3) is 3.22. The smallest absolute Gasteiger partial charge is 0.274 e. The standard InChI is InChI=1S/C17H18ClN3O/c1-2-9-21(11-13-5-3-4-6-14(13)18)17(22)16-10-15(19-20-16)12-7-8-12/h2-6,10,12H,1,7-9,11H2,(H,19,20). The Morgan fingerprint density at radius 1 is 1.45 bits per heavy atom. The Labute approximate surface area is 134 Å². The number of H-pyrrole nitrogens is 1. The predicted octanol–water partition coefficient (Wildman–Crippen LogP) is 3.77. The van der Waals surface area contributed by atoms with E-state index in [0.29, 0.717) is 29.7 Å². The van der Waals surface area contributed by atoms with Crippen LogP contribution in [0, 0.1) is 0 Å². The van der Waals surface area contributed by atoms with Crippen LogP contribution < -0.4 is 0 Å². The zero-order valence-corrected chi connectivity index (χ0v) is 13.0. The van der Waals surface area contributed by atoms with E-state index < -0.39 is 0 Å². The molecule has 1 N–H and O–H groups in total. The quantitative estimate of drug-likeness (QED) is 0.825. The van der Waals surface area contributed by atoms with E-state index in [1.807, 2.05) is 30.3 Å². The molecule has 0 radical (unpaired) electrons. The normalized spacial score (nSPS) is 13.9. The first kappa shape index (κ1) is 14.9. The number of rotatable bonds is 6. The van der Waals surface area contributed by atoms with Gasteiger partial charge in [-0.25, -0.2) is 0 Å². The van der Waals surface area contributed by atoms with E-state index in [0.717, 1.165) is 11.3 Å². The van der Waals surface area contributed by atoms with Crippen LogP contribution in [0.15, 0.2) is 43.0 Å². The summed E-state index contributed by atoms with van der Waals surface area (Å²) >= 11 is 6.19. The molecule has 1 fully saturated rings. The summed E-state index contributed by atoms with van der Waals surface area (Å²) in [4.78, 5) is 14.4. The van der Waals surface area contributed by atoms with Gasteiger partial charge in [0.15, 0.2) is 0 Å². The number of halogens is 1. The van der Waals surface area contributed by atoms with Gasteiger partial charge in [-0.15, -0.1) is 6.58 Å². The lowest BCUT2D eigenvalue weighted by molar-refractivity contribution is 0.0757. The van der Waals surface area contributed by atoms with Crippen LogP contribution in [0.2, 0.25) is 5.02 Å². The first-order chi connectivity index (χ1) is 10.7. The molecule has 0 bridgehead atoms. The van der Waals surface area contributed by atoms with Crippen molar-refractivity contribution in [2.75, 3.05) is 6.54 Å². The van der Waals surface area contributed by atoms with Crippen LogP contribution >= 0.6 is 11.6 Å². The first-order valence-corrected chi connectivity index (χ1v) is 7.75. The highest BCUT2D eigenvalue weighted by Crippen LogP contribution is 2.39. The summed E-state index contributed by atoms with van der Waals surface area (Å²) in [6.45, 7) is 4.62. The number of nitrogens with one attached hydrogen (secondary N) is 1. The van der Waals surface area contributed by atoms with Crippen LogP contribution in [0.3, 0.4) is 0 Å². The Balaban J connectivity index is 1.78. The zero-order valence-electron chi connectivity index (χ0n) is 12.3. The van der Waals surface area contributed by atoms with E-state index in [1.54, 1.807) is 11.0 Å². The van der Waals surface area contributed by atoms with Crippen molar-refractivity contribution in [1.82, 2.24) is 15.1 Å². The van der Waals surface area contributed by atoms with Gasteiger partial charge in [-0.1, -0.05) is 35.9 Å². The fourth-order valence-corrected chi connectivity index (χ4v) is 2.61.